The molecular weight excluding hydrogens is 312 g/mol. The Morgan fingerprint density at radius 3 is 2.44 bits per heavy atom. The van der Waals surface area contributed by atoms with Crippen molar-refractivity contribution in [2.75, 3.05) is 31.1 Å². The second-order valence-electron chi connectivity index (χ2n) is 5.02. The van der Waals surface area contributed by atoms with Gasteiger partial charge in [0.1, 0.15) is 0 Å². The van der Waals surface area contributed by atoms with Gasteiger partial charge in [0.25, 0.3) is 0 Å². The highest BCUT2D eigenvalue weighted by atomic mass is 79.9. The highest BCUT2D eigenvalue weighted by molar-refractivity contribution is 9.10. The first kappa shape index (κ1) is 14.2. The van der Waals surface area contributed by atoms with E-state index in [1.165, 1.54) is 11.3 Å². The van der Waals surface area contributed by atoms with Crippen LogP contribution in [0.2, 0.25) is 0 Å². The second kappa shape index (κ2) is 6.27. The number of rotatable bonds is 3. The summed E-state index contributed by atoms with van der Waals surface area (Å²) in [6.45, 7) is 8.97. The fourth-order valence-corrected chi connectivity index (χ4v) is 3.07. The molecule has 1 fully saturated rings. The Morgan fingerprint density at radius 2 is 1.89 bits per heavy atom. The third kappa shape index (κ3) is 3.19. The van der Waals surface area contributed by atoms with Crippen molar-refractivity contribution < 1.29 is 0 Å². The van der Waals surface area contributed by atoms with Gasteiger partial charge >= 0.3 is 0 Å². The Kier molecular flexibility index (Phi) is 4.93. The maximum absolute atomic E-state index is 6.04. The molecule has 0 saturated carbocycles. The number of alkyl halides is 1. The van der Waals surface area contributed by atoms with E-state index in [1.54, 1.807) is 0 Å². The Morgan fingerprint density at radius 1 is 1.22 bits per heavy atom. The number of halogens is 2. The van der Waals surface area contributed by atoms with E-state index in [-0.39, 0.29) is 0 Å². The van der Waals surface area contributed by atoms with Gasteiger partial charge in [-0.15, -0.1) is 11.6 Å². The third-order valence-electron chi connectivity index (χ3n) is 3.57. The minimum absolute atomic E-state index is 0.569. The van der Waals surface area contributed by atoms with Crippen molar-refractivity contribution in [1.82, 2.24) is 4.90 Å². The van der Waals surface area contributed by atoms with Crippen LogP contribution in [0.3, 0.4) is 0 Å². The second-order valence-corrected chi connectivity index (χ2v) is 6.21. The van der Waals surface area contributed by atoms with Crippen LogP contribution in [0.15, 0.2) is 22.7 Å². The van der Waals surface area contributed by atoms with Crippen LogP contribution in [0.5, 0.6) is 0 Å². The summed E-state index contributed by atoms with van der Waals surface area (Å²) >= 11 is 9.55. The molecule has 2 rings (SSSR count). The molecule has 4 heteroatoms. The standard InChI is InChI=1S/C14H20BrClN2/c1-11(2)17-5-7-18(8-6-17)14-4-3-13(15)9-12(14)10-16/h3-4,9,11H,5-8,10H2,1-2H3. The van der Waals surface area contributed by atoms with Crippen LogP contribution < -0.4 is 4.90 Å². The molecule has 1 aromatic carbocycles. The summed E-state index contributed by atoms with van der Waals surface area (Å²) in [5, 5.41) is 0. The molecular formula is C14H20BrClN2. The zero-order valence-electron chi connectivity index (χ0n) is 11.0. The molecule has 1 aliphatic rings. The number of anilines is 1. The van der Waals surface area contributed by atoms with E-state index in [0.717, 1.165) is 30.7 Å². The van der Waals surface area contributed by atoms with Crippen molar-refractivity contribution in [2.45, 2.75) is 25.8 Å². The van der Waals surface area contributed by atoms with E-state index < -0.39 is 0 Å². The third-order valence-corrected chi connectivity index (χ3v) is 4.35. The van der Waals surface area contributed by atoms with Crippen molar-refractivity contribution in [3.8, 4) is 0 Å². The van der Waals surface area contributed by atoms with E-state index in [0.29, 0.717) is 11.9 Å². The normalized spacial score (nSPS) is 17.5. The van der Waals surface area contributed by atoms with Crippen molar-refractivity contribution in [1.29, 1.82) is 0 Å². The van der Waals surface area contributed by atoms with Crippen molar-refractivity contribution in [3.63, 3.8) is 0 Å². The van der Waals surface area contributed by atoms with Gasteiger partial charge < -0.3 is 4.90 Å². The molecule has 0 bridgehead atoms. The number of hydrogen-bond acceptors (Lipinski definition) is 2. The van der Waals surface area contributed by atoms with Crippen LogP contribution in [-0.2, 0) is 5.88 Å². The van der Waals surface area contributed by atoms with Crippen LogP contribution in [0.1, 0.15) is 19.4 Å². The highest BCUT2D eigenvalue weighted by Gasteiger charge is 2.20. The van der Waals surface area contributed by atoms with Crippen LogP contribution in [0.25, 0.3) is 0 Å². The van der Waals surface area contributed by atoms with Crippen molar-refractivity contribution in [3.05, 3.63) is 28.2 Å². The molecule has 1 heterocycles. The average molecular weight is 332 g/mol. The summed E-state index contributed by atoms with van der Waals surface area (Å²) in [6.07, 6.45) is 0. The van der Waals surface area contributed by atoms with Crippen LogP contribution in [0, 0.1) is 0 Å². The first-order chi connectivity index (χ1) is 8.61. The van der Waals surface area contributed by atoms with Crippen molar-refractivity contribution >= 4 is 33.2 Å². The summed E-state index contributed by atoms with van der Waals surface area (Å²) in [5.74, 6) is 0.569. The molecule has 100 valence electrons. The topological polar surface area (TPSA) is 6.48 Å². The molecule has 0 unspecified atom stereocenters. The largest absolute Gasteiger partial charge is 0.369 e. The van der Waals surface area contributed by atoms with Gasteiger partial charge in [-0.2, -0.15) is 0 Å². The quantitative estimate of drug-likeness (QED) is 0.779. The van der Waals surface area contributed by atoms with Gasteiger partial charge in [-0.05, 0) is 37.6 Å². The predicted molar refractivity (Wildman–Crippen MR) is 82.6 cm³/mol. The van der Waals surface area contributed by atoms with Crippen molar-refractivity contribution in [2.24, 2.45) is 0 Å². The lowest BCUT2D eigenvalue weighted by Gasteiger charge is -2.38. The molecule has 0 atom stereocenters. The van der Waals surface area contributed by atoms with E-state index in [2.05, 4.69) is 57.8 Å². The predicted octanol–water partition coefficient (Wildman–Crippen LogP) is 3.72. The Bertz CT molecular complexity index is 401. The smallest absolute Gasteiger partial charge is 0.0494 e. The molecule has 0 aromatic heterocycles. The van der Waals surface area contributed by atoms with Gasteiger partial charge in [0.2, 0.25) is 0 Å². The molecule has 1 saturated heterocycles. The van der Waals surface area contributed by atoms with Gasteiger partial charge in [-0.25, -0.2) is 0 Å². The minimum Gasteiger partial charge on any atom is -0.369 e. The first-order valence-corrected chi connectivity index (χ1v) is 7.78. The zero-order chi connectivity index (χ0) is 13.1. The van der Waals surface area contributed by atoms with E-state index in [4.69, 9.17) is 11.6 Å². The average Bonchev–Trinajstić information content (AvgIpc) is 2.38. The molecule has 2 nitrogen and oxygen atoms in total. The van der Waals surface area contributed by atoms with Gasteiger partial charge in [0, 0.05) is 48.3 Å². The fraction of sp³-hybridized carbons (Fsp3) is 0.571. The molecule has 1 aliphatic heterocycles. The molecule has 0 radical (unpaired) electrons. The van der Waals surface area contributed by atoms with Gasteiger partial charge in [0.05, 0.1) is 0 Å². The lowest BCUT2D eigenvalue weighted by atomic mass is 10.1. The molecule has 0 aliphatic carbocycles. The number of nitrogens with zero attached hydrogens (tertiary/aromatic N) is 2. The molecule has 0 N–H and O–H groups in total. The minimum atomic E-state index is 0.569. The lowest BCUT2D eigenvalue weighted by molar-refractivity contribution is 0.209. The molecule has 0 amide bonds. The van der Waals surface area contributed by atoms with Gasteiger partial charge in [0.15, 0.2) is 0 Å². The molecule has 0 spiro atoms. The highest BCUT2D eigenvalue weighted by Crippen LogP contribution is 2.27. The van der Waals surface area contributed by atoms with E-state index in [1.807, 2.05) is 0 Å². The maximum atomic E-state index is 6.04. The van der Waals surface area contributed by atoms with Gasteiger partial charge in [-0.3, -0.25) is 4.90 Å². The van der Waals surface area contributed by atoms with E-state index in [9.17, 15) is 0 Å². The zero-order valence-corrected chi connectivity index (χ0v) is 13.3. The SMILES string of the molecule is CC(C)N1CCN(c2ccc(Br)cc2CCl)CC1. The first-order valence-electron chi connectivity index (χ1n) is 6.45. The maximum Gasteiger partial charge on any atom is 0.0494 e. The van der Waals surface area contributed by atoms with Crippen LogP contribution in [0.4, 0.5) is 5.69 Å². The molecule has 18 heavy (non-hydrogen) atoms. The number of hydrogen-bond donors (Lipinski definition) is 0. The summed E-state index contributed by atoms with van der Waals surface area (Å²) in [6, 6.07) is 7.04. The summed E-state index contributed by atoms with van der Waals surface area (Å²) in [7, 11) is 0. The monoisotopic (exact) mass is 330 g/mol. The summed E-state index contributed by atoms with van der Waals surface area (Å²) in [5.41, 5.74) is 2.50. The number of benzene rings is 1. The Hall–Kier alpha value is -0.250. The molecule has 1 aromatic rings. The van der Waals surface area contributed by atoms with Crippen LogP contribution in [-0.4, -0.2) is 37.1 Å². The summed E-state index contributed by atoms with van der Waals surface area (Å²) < 4.78 is 1.10. The fourth-order valence-electron chi connectivity index (χ4n) is 2.45. The summed E-state index contributed by atoms with van der Waals surface area (Å²) in [4.78, 5) is 4.97. The lowest BCUT2D eigenvalue weighted by Crippen LogP contribution is -2.49. The van der Waals surface area contributed by atoms with Crippen LogP contribution >= 0.6 is 27.5 Å². The number of piperazine rings is 1. The van der Waals surface area contributed by atoms with E-state index >= 15 is 0 Å². The van der Waals surface area contributed by atoms with Gasteiger partial charge in [-0.1, -0.05) is 15.9 Å². The Labute approximate surface area is 123 Å². The Balaban J connectivity index is 2.09.